The van der Waals surface area contributed by atoms with Crippen LogP contribution in [-0.2, 0) is 0 Å². The van der Waals surface area contributed by atoms with Crippen LogP contribution >= 0.6 is 11.6 Å². The van der Waals surface area contributed by atoms with Gasteiger partial charge in [0, 0.05) is 30.6 Å². The van der Waals surface area contributed by atoms with Crippen LogP contribution in [0.25, 0.3) is 0 Å². The summed E-state index contributed by atoms with van der Waals surface area (Å²) in [5.74, 6) is 0.734. The number of carbonyl (C=O) groups excluding carboxylic acids is 1. The number of amides is 2. The Hall–Kier alpha value is -2.53. The quantitative estimate of drug-likeness (QED) is 0.807. The summed E-state index contributed by atoms with van der Waals surface area (Å²) in [6.45, 7) is 1.22. The third-order valence-electron chi connectivity index (χ3n) is 4.72. The van der Waals surface area contributed by atoms with Crippen molar-refractivity contribution < 1.29 is 9.53 Å². The second-order valence-corrected chi connectivity index (χ2v) is 6.96. The molecule has 0 saturated carbocycles. The fourth-order valence-electron chi connectivity index (χ4n) is 3.43. The van der Waals surface area contributed by atoms with Crippen molar-refractivity contribution in [3.05, 3.63) is 65.2 Å². The monoisotopic (exact) mass is 369 g/mol. The zero-order chi connectivity index (χ0) is 17.9. The molecule has 2 aliphatic rings. The molecule has 2 amide bonds. The molecule has 6 heteroatoms. The van der Waals surface area contributed by atoms with Crippen LogP contribution in [0.3, 0.4) is 0 Å². The Balaban J connectivity index is 1.40. The summed E-state index contributed by atoms with van der Waals surface area (Å²) in [5, 5.41) is 6.56. The van der Waals surface area contributed by atoms with Gasteiger partial charge in [-0.25, -0.2) is 9.80 Å². The molecular formula is C20H20ClN3O2. The Morgan fingerprint density at radius 3 is 2.81 bits per heavy atom. The zero-order valence-corrected chi connectivity index (χ0v) is 15.0. The number of hydrogen-bond donors (Lipinski definition) is 0. The van der Waals surface area contributed by atoms with E-state index in [9.17, 15) is 4.79 Å². The maximum Gasteiger partial charge on any atom is 0.341 e. The number of urea groups is 1. The summed E-state index contributed by atoms with van der Waals surface area (Å²) in [6, 6.07) is 17.3. The predicted molar refractivity (Wildman–Crippen MR) is 102 cm³/mol. The van der Waals surface area contributed by atoms with Gasteiger partial charge in [0.1, 0.15) is 11.9 Å². The molecule has 2 heterocycles. The number of halogens is 1. The van der Waals surface area contributed by atoms with E-state index < -0.39 is 0 Å². The van der Waals surface area contributed by atoms with Gasteiger partial charge in [-0.3, -0.25) is 0 Å². The summed E-state index contributed by atoms with van der Waals surface area (Å²) in [4.78, 5) is 14.8. The molecule has 2 atom stereocenters. The maximum atomic E-state index is 12.9. The van der Waals surface area contributed by atoms with E-state index in [1.807, 2.05) is 59.6 Å². The number of nitrogens with zero attached hydrogens (tertiary/aromatic N) is 3. The van der Waals surface area contributed by atoms with E-state index in [1.54, 1.807) is 11.1 Å². The van der Waals surface area contributed by atoms with Gasteiger partial charge in [-0.1, -0.05) is 48.0 Å². The third-order valence-corrected chi connectivity index (χ3v) is 4.96. The van der Waals surface area contributed by atoms with Gasteiger partial charge in [-0.15, -0.1) is 0 Å². The number of hydrogen-bond acceptors (Lipinski definition) is 3. The van der Waals surface area contributed by atoms with E-state index >= 15 is 0 Å². The second-order valence-electron chi connectivity index (χ2n) is 6.52. The minimum absolute atomic E-state index is 0.0285. The van der Waals surface area contributed by atoms with Crippen molar-refractivity contribution in [1.82, 2.24) is 9.91 Å². The molecule has 2 aliphatic heterocycles. The highest BCUT2D eigenvalue weighted by molar-refractivity contribution is 6.30. The number of rotatable bonds is 3. The van der Waals surface area contributed by atoms with Crippen molar-refractivity contribution in [2.45, 2.75) is 25.0 Å². The Morgan fingerprint density at radius 2 is 2.00 bits per heavy atom. The van der Waals surface area contributed by atoms with Crippen LogP contribution in [0.2, 0.25) is 5.02 Å². The van der Waals surface area contributed by atoms with Gasteiger partial charge in [0.05, 0.1) is 12.6 Å². The first-order valence-electron chi connectivity index (χ1n) is 8.78. The first-order chi connectivity index (χ1) is 12.7. The Kier molecular flexibility index (Phi) is 4.80. The third kappa shape index (κ3) is 3.53. The molecule has 2 aromatic rings. The Labute approximate surface area is 157 Å². The molecule has 0 radical (unpaired) electrons. The molecule has 1 fully saturated rings. The van der Waals surface area contributed by atoms with E-state index in [0.29, 0.717) is 18.1 Å². The summed E-state index contributed by atoms with van der Waals surface area (Å²) < 4.78 is 5.98. The van der Waals surface area contributed by atoms with Crippen molar-refractivity contribution >= 4 is 23.8 Å². The second kappa shape index (κ2) is 7.38. The predicted octanol–water partition coefficient (Wildman–Crippen LogP) is 4.35. The lowest BCUT2D eigenvalue weighted by molar-refractivity contribution is 0.142. The molecule has 134 valence electrons. The van der Waals surface area contributed by atoms with Crippen molar-refractivity contribution in [1.29, 1.82) is 0 Å². The molecule has 1 saturated heterocycles. The topological polar surface area (TPSA) is 45.1 Å². The minimum atomic E-state index is -0.0650. The number of carbonyl (C=O) groups is 1. The number of hydrazone groups is 1. The van der Waals surface area contributed by atoms with E-state index in [1.165, 1.54) is 0 Å². The van der Waals surface area contributed by atoms with Crippen LogP contribution in [0.15, 0.2) is 59.7 Å². The molecule has 2 aromatic carbocycles. The molecule has 26 heavy (non-hydrogen) atoms. The molecule has 0 spiro atoms. The van der Waals surface area contributed by atoms with Gasteiger partial charge in [0.15, 0.2) is 0 Å². The van der Waals surface area contributed by atoms with Crippen LogP contribution in [0.5, 0.6) is 5.75 Å². The molecule has 0 aliphatic carbocycles. The van der Waals surface area contributed by atoms with Crippen LogP contribution in [0, 0.1) is 0 Å². The van der Waals surface area contributed by atoms with Crippen LogP contribution < -0.4 is 4.74 Å². The molecule has 1 unspecified atom stereocenters. The lowest BCUT2D eigenvalue weighted by Gasteiger charge is -2.27. The van der Waals surface area contributed by atoms with E-state index in [4.69, 9.17) is 16.3 Å². The molecular weight excluding hydrogens is 350 g/mol. The average Bonchev–Trinajstić information content (AvgIpc) is 3.31. The van der Waals surface area contributed by atoms with Crippen molar-refractivity contribution in [3.8, 4) is 5.75 Å². The highest BCUT2D eigenvalue weighted by Crippen LogP contribution is 2.30. The van der Waals surface area contributed by atoms with E-state index in [-0.39, 0.29) is 18.2 Å². The first kappa shape index (κ1) is 16.9. The molecule has 0 aromatic heterocycles. The Morgan fingerprint density at radius 1 is 1.15 bits per heavy atom. The fraction of sp³-hybridized carbons (Fsp3) is 0.300. The van der Waals surface area contributed by atoms with Crippen molar-refractivity contribution in [3.63, 3.8) is 0 Å². The van der Waals surface area contributed by atoms with Crippen LogP contribution in [0.1, 0.15) is 24.4 Å². The normalized spacial score (nSPS) is 22.0. The summed E-state index contributed by atoms with van der Waals surface area (Å²) >= 11 is 6.00. The molecule has 5 nitrogen and oxygen atoms in total. The molecule has 0 N–H and O–H groups in total. The smallest absolute Gasteiger partial charge is 0.341 e. The molecule has 0 bridgehead atoms. The lowest BCUT2D eigenvalue weighted by Crippen LogP contribution is -2.40. The minimum Gasteiger partial charge on any atom is -0.488 e. The largest absolute Gasteiger partial charge is 0.488 e. The average molecular weight is 370 g/mol. The van der Waals surface area contributed by atoms with Gasteiger partial charge < -0.3 is 9.64 Å². The SMILES string of the molecule is O=C(N1CC[C@@H](Oc2cccc(Cl)c2)C1)N1N=CCC1c1ccccc1. The highest BCUT2D eigenvalue weighted by Gasteiger charge is 2.35. The van der Waals surface area contributed by atoms with Gasteiger partial charge in [0.2, 0.25) is 0 Å². The van der Waals surface area contributed by atoms with Gasteiger partial charge in [-0.05, 0) is 23.8 Å². The van der Waals surface area contributed by atoms with Crippen molar-refractivity contribution in [2.75, 3.05) is 13.1 Å². The summed E-state index contributed by atoms with van der Waals surface area (Å²) in [5.41, 5.74) is 1.10. The standard InChI is InChI=1S/C20H20ClN3O2/c21-16-7-4-8-17(13-16)26-18-10-12-23(14-18)20(25)24-19(9-11-22-24)15-5-2-1-3-6-15/h1-8,11,13,18-19H,9-10,12,14H2/t18-,19?/m1/s1. The lowest BCUT2D eigenvalue weighted by atomic mass is 10.1. The van der Waals surface area contributed by atoms with Gasteiger partial charge in [-0.2, -0.15) is 5.10 Å². The summed E-state index contributed by atoms with van der Waals surface area (Å²) in [7, 11) is 0. The van der Waals surface area contributed by atoms with Crippen molar-refractivity contribution in [2.24, 2.45) is 5.10 Å². The van der Waals surface area contributed by atoms with E-state index in [2.05, 4.69) is 5.10 Å². The first-order valence-corrected chi connectivity index (χ1v) is 9.16. The van der Waals surface area contributed by atoms with Crippen LogP contribution in [-0.4, -0.2) is 41.3 Å². The van der Waals surface area contributed by atoms with Crippen LogP contribution in [0.4, 0.5) is 4.79 Å². The maximum absolute atomic E-state index is 12.9. The van der Waals surface area contributed by atoms with Gasteiger partial charge in [0.25, 0.3) is 0 Å². The Bertz CT molecular complexity index is 812. The fourth-order valence-corrected chi connectivity index (χ4v) is 3.61. The number of likely N-dealkylation sites (tertiary alicyclic amines) is 1. The molecule has 4 rings (SSSR count). The van der Waals surface area contributed by atoms with E-state index in [0.717, 1.165) is 24.2 Å². The summed E-state index contributed by atoms with van der Waals surface area (Å²) in [6.07, 6.45) is 3.32. The number of benzene rings is 2. The number of ether oxygens (including phenoxy) is 1. The highest BCUT2D eigenvalue weighted by atomic mass is 35.5. The van der Waals surface area contributed by atoms with Gasteiger partial charge >= 0.3 is 6.03 Å². The zero-order valence-electron chi connectivity index (χ0n) is 14.3.